The van der Waals surface area contributed by atoms with E-state index in [0.717, 1.165) is 50.0 Å². The highest BCUT2D eigenvalue weighted by Crippen LogP contribution is 2.41. The van der Waals surface area contributed by atoms with Crippen molar-refractivity contribution < 1.29 is 14.3 Å². The van der Waals surface area contributed by atoms with E-state index in [1.165, 1.54) is 12.1 Å². The van der Waals surface area contributed by atoms with Gasteiger partial charge in [0.2, 0.25) is 0 Å². The van der Waals surface area contributed by atoms with Gasteiger partial charge < -0.3 is 10.0 Å². The summed E-state index contributed by atoms with van der Waals surface area (Å²) in [6.07, 6.45) is 3.03. The van der Waals surface area contributed by atoms with Gasteiger partial charge in [-0.1, -0.05) is 60.7 Å². The first-order chi connectivity index (χ1) is 15.6. The largest absolute Gasteiger partial charge is 0.380 e. The van der Waals surface area contributed by atoms with Crippen molar-refractivity contribution in [3.8, 4) is 0 Å². The molecule has 3 nitrogen and oxygen atoms in total. The number of nitrogens with zero attached hydrogens (tertiary/aromatic N) is 1. The second-order valence-corrected chi connectivity index (χ2v) is 8.65. The summed E-state index contributed by atoms with van der Waals surface area (Å²) in [7, 11) is 0. The van der Waals surface area contributed by atoms with Gasteiger partial charge >= 0.3 is 0 Å². The van der Waals surface area contributed by atoms with Gasteiger partial charge in [0.25, 0.3) is 0 Å². The molecule has 0 aromatic heterocycles. The maximum atomic E-state index is 13.0. The number of benzene rings is 3. The van der Waals surface area contributed by atoms with Gasteiger partial charge in [-0.15, -0.1) is 12.4 Å². The first-order valence-electron chi connectivity index (χ1n) is 11.4. The molecule has 3 aromatic carbocycles. The molecule has 0 radical (unpaired) electrons. The molecule has 1 fully saturated rings. The van der Waals surface area contributed by atoms with Crippen LogP contribution in [0.2, 0.25) is 0 Å². The average Bonchev–Trinajstić information content (AvgIpc) is 2.85. The SMILES string of the molecule is Cl.O=C(CCCN1CCC(C(O)(c2ccccc2)c2ccccc2)CC1)c1ccc(F)cc1. The smallest absolute Gasteiger partial charge is 0.162 e. The molecule has 1 N–H and O–H groups in total. The molecule has 4 rings (SSSR count). The number of rotatable bonds is 8. The third-order valence-corrected chi connectivity index (χ3v) is 6.65. The van der Waals surface area contributed by atoms with Crippen molar-refractivity contribution >= 4 is 18.2 Å². The second-order valence-electron chi connectivity index (χ2n) is 8.65. The fraction of sp³-hybridized carbons (Fsp3) is 0.321. The molecule has 0 spiro atoms. The number of piperidine rings is 1. The molecule has 1 saturated heterocycles. The van der Waals surface area contributed by atoms with Crippen molar-refractivity contribution in [2.75, 3.05) is 19.6 Å². The third kappa shape index (κ3) is 5.89. The van der Waals surface area contributed by atoms with Crippen LogP contribution in [0.15, 0.2) is 84.9 Å². The minimum atomic E-state index is -1.01. The molecule has 5 heteroatoms. The van der Waals surface area contributed by atoms with Crippen molar-refractivity contribution in [1.29, 1.82) is 0 Å². The Morgan fingerprint density at radius 3 is 1.91 bits per heavy atom. The first kappa shape index (κ1) is 25.1. The van der Waals surface area contributed by atoms with Crippen LogP contribution < -0.4 is 0 Å². The lowest BCUT2D eigenvalue weighted by atomic mass is 9.72. The fourth-order valence-electron chi connectivity index (χ4n) is 4.84. The lowest BCUT2D eigenvalue weighted by Gasteiger charge is -2.42. The Hall–Kier alpha value is -2.53. The normalized spacial score (nSPS) is 15.1. The van der Waals surface area contributed by atoms with Crippen LogP contribution in [0.5, 0.6) is 0 Å². The molecular formula is C28H31ClFNO2. The standard InChI is InChI=1S/C28H30FNO2.ClH/c29-26-15-13-22(14-16-26)27(31)12-7-19-30-20-17-25(18-21-30)28(32,23-8-3-1-4-9-23)24-10-5-2-6-11-24;/h1-6,8-11,13-16,25,32H,7,12,17-21H2;1H. The summed E-state index contributed by atoms with van der Waals surface area (Å²) in [6.45, 7) is 2.66. The fourth-order valence-corrected chi connectivity index (χ4v) is 4.84. The van der Waals surface area contributed by atoms with E-state index < -0.39 is 5.60 Å². The van der Waals surface area contributed by atoms with Crippen LogP contribution in [0.1, 0.15) is 47.2 Å². The molecule has 0 unspecified atom stereocenters. The van der Waals surface area contributed by atoms with Crippen LogP contribution in [0.3, 0.4) is 0 Å². The number of carbonyl (C=O) groups is 1. The van der Waals surface area contributed by atoms with Crippen molar-refractivity contribution in [3.05, 3.63) is 107 Å². The number of ketones is 1. The van der Waals surface area contributed by atoms with Gasteiger partial charge in [0.15, 0.2) is 5.78 Å². The zero-order chi connectivity index (χ0) is 22.4. The first-order valence-corrected chi connectivity index (χ1v) is 11.4. The second kappa shape index (κ2) is 11.6. The molecule has 0 saturated carbocycles. The Kier molecular flexibility index (Phi) is 8.79. The monoisotopic (exact) mass is 467 g/mol. The number of likely N-dealkylation sites (tertiary alicyclic amines) is 1. The molecule has 0 bridgehead atoms. The van der Waals surface area contributed by atoms with Crippen LogP contribution in [0.25, 0.3) is 0 Å². The lowest BCUT2D eigenvalue weighted by Crippen LogP contribution is -2.44. The summed E-state index contributed by atoms with van der Waals surface area (Å²) in [5, 5.41) is 12.0. The number of halogens is 2. The van der Waals surface area contributed by atoms with E-state index in [1.807, 2.05) is 60.7 Å². The highest BCUT2D eigenvalue weighted by molar-refractivity contribution is 5.95. The minimum Gasteiger partial charge on any atom is -0.380 e. The van der Waals surface area contributed by atoms with Crippen molar-refractivity contribution in [2.24, 2.45) is 5.92 Å². The zero-order valence-electron chi connectivity index (χ0n) is 18.7. The van der Waals surface area contributed by atoms with Gasteiger partial charge in [0.1, 0.15) is 11.4 Å². The number of hydrogen-bond acceptors (Lipinski definition) is 3. The molecular weight excluding hydrogens is 437 g/mol. The van der Waals surface area contributed by atoms with E-state index in [1.54, 1.807) is 12.1 Å². The molecule has 174 valence electrons. The molecule has 33 heavy (non-hydrogen) atoms. The highest BCUT2D eigenvalue weighted by Gasteiger charge is 2.41. The summed E-state index contributed by atoms with van der Waals surface area (Å²) in [5.41, 5.74) is 1.44. The van der Waals surface area contributed by atoms with Crippen LogP contribution in [0, 0.1) is 11.7 Å². The van der Waals surface area contributed by atoms with E-state index in [2.05, 4.69) is 4.90 Å². The van der Waals surface area contributed by atoms with Gasteiger partial charge in [0, 0.05) is 12.0 Å². The molecule has 3 aromatic rings. The molecule has 1 heterocycles. The average molecular weight is 468 g/mol. The highest BCUT2D eigenvalue weighted by atomic mass is 35.5. The maximum absolute atomic E-state index is 13.0. The molecule has 0 amide bonds. The quantitative estimate of drug-likeness (QED) is 0.422. The van der Waals surface area contributed by atoms with Crippen molar-refractivity contribution in [1.82, 2.24) is 4.90 Å². The van der Waals surface area contributed by atoms with Gasteiger partial charge in [-0.2, -0.15) is 0 Å². The van der Waals surface area contributed by atoms with Crippen LogP contribution in [-0.4, -0.2) is 35.4 Å². The summed E-state index contributed by atoms with van der Waals surface area (Å²) >= 11 is 0. The summed E-state index contributed by atoms with van der Waals surface area (Å²) in [4.78, 5) is 14.7. The summed E-state index contributed by atoms with van der Waals surface area (Å²) in [6, 6.07) is 25.7. The van der Waals surface area contributed by atoms with Crippen LogP contribution in [0.4, 0.5) is 4.39 Å². The zero-order valence-corrected chi connectivity index (χ0v) is 19.5. The topological polar surface area (TPSA) is 40.5 Å². The van der Waals surface area contributed by atoms with E-state index >= 15 is 0 Å². The molecule has 0 atom stereocenters. The predicted octanol–water partition coefficient (Wildman–Crippen LogP) is 5.86. The Bertz CT molecular complexity index is 964. The molecule has 1 aliphatic rings. The van der Waals surface area contributed by atoms with Gasteiger partial charge in [0.05, 0.1) is 0 Å². The maximum Gasteiger partial charge on any atom is 0.162 e. The Morgan fingerprint density at radius 2 is 1.39 bits per heavy atom. The van der Waals surface area contributed by atoms with E-state index in [0.29, 0.717) is 12.0 Å². The Labute approximate surface area is 201 Å². The summed E-state index contributed by atoms with van der Waals surface area (Å²) in [5.74, 6) is -0.137. The van der Waals surface area contributed by atoms with E-state index in [-0.39, 0.29) is 29.9 Å². The third-order valence-electron chi connectivity index (χ3n) is 6.65. The van der Waals surface area contributed by atoms with Gasteiger partial charge in [-0.3, -0.25) is 4.79 Å². The van der Waals surface area contributed by atoms with Crippen molar-refractivity contribution in [3.63, 3.8) is 0 Å². The van der Waals surface area contributed by atoms with E-state index in [9.17, 15) is 14.3 Å². The lowest BCUT2D eigenvalue weighted by molar-refractivity contribution is -0.0142. The van der Waals surface area contributed by atoms with Crippen molar-refractivity contribution in [2.45, 2.75) is 31.3 Å². The number of hydrogen-bond donors (Lipinski definition) is 1. The van der Waals surface area contributed by atoms with Gasteiger partial charge in [-0.25, -0.2) is 4.39 Å². The number of aliphatic hydroxyl groups is 1. The molecule has 1 aliphatic heterocycles. The predicted molar refractivity (Wildman–Crippen MR) is 132 cm³/mol. The van der Waals surface area contributed by atoms with E-state index in [4.69, 9.17) is 0 Å². The van der Waals surface area contributed by atoms with Crippen LogP contribution in [-0.2, 0) is 5.60 Å². The number of carbonyl (C=O) groups excluding carboxylic acids is 1. The van der Waals surface area contributed by atoms with Crippen LogP contribution >= 0.6 is 12.4 Å². The van der Waals surface area contributed by atoms with Gasteiger partial charge in [-0.05, 0) is 80.2 Å². The number of Topliss-reactive ketones (excluding diaryl/α,β-unsaturated/α-hetero) is 1. The Morgan fingerprint density at radius 1 is 0.879 bits per heavy atom. The molecule has 0 aliphatic carbocycles. The Balaban J connectivity index is 0.00000306. The minimum absolute atomic E-state index is 0. The summed E-state index contributed by atoms with van der Waals surface area (Å²) < 4.78 is 13.0.